The number of hydrogen-bond acceptors (Lipinski definition) is 6. The molecule has 0 radical (unpaired) electrons. The lowest BCUT2D eigenvalue weighted by Gasteiger charge is -2.26. The summed E-state index contributed by atoms with van der Waals surface area (Å²) in [4.78, 5) is 18.6. The zero-order valence-electron chi connectivity index (χ0n) is 16.4. The molecule has 0 bridgehead atoms. The molecule has 3 rings (SSSR count). The maximum atomic E-state index is 12.9. The van der Waals surface area contributed by atoms with E-state index in [1.54, 1.807) is 50.2 Å². The van der Waals surface area contributed by atoms with Gasteiger partial charge in [0.25, 0.3) is 5.91 Å². The van der Waals surface area contributed by atoms with Crippen molar-refractivity contribution < 1.29 is 18.8 Å². The summed E-state index contributed by atoms with van der Waals surface area (Å²) >= 11 is 0. The molecule has 0 saturated carbocycles. The van der Waals surface area contributed by atoms with Crippen LogP contribution in [0.2, 0.25) is 0 Å². The molecule has 2 aromatic carbocycles. The first-order chi connectivity index (χ1) is 13.5. The third-order valence-electron chi connectivity index (χ3n) is 4.53. The Hall–Kier alpha value is -3.35. The largest absolute Gasteiger partial charge is 0.496 e. The summed E-state index contributed by atoms with van der Waals surface area (Å²) in [6.45, 7) is 3.90. The van der Waals surface area contributed by atoms with Crippen molar-refractivity contribution in [1.82, 2.24) is 15.0 Å². The third kappa shape index (κ3) is 4.31. The number of carbonyl (C=O) groups is 1. The second kappa shape index (κ2) is 8.56. The quantitative estimate of drug-likeness (QED) is 0.619. The van der Waals surface area contributed by atoms with E-state index in [1.165, 1.54) is 0 Å². The molecule has 7 heteroatoms. The Morgan fingerprint density at radius 1 is 1.18 bits per heavy atom. The molecule has 7 nitrogen and oxygen atoms in total. The molecule has 0 aliphatic heterocycles. The highest BCUT2D eigenvalue weighted by Crippen LogP contribution is 2.29. The lowest BCUT2D eigenvalue weighted by molar-refractivity contribution is 0.0741. The number of amides is 1. The van der Waals surface area contributed by atoms with E-state index in [9.17, 15) is 4.79 Å². The summed E-state index contributed by atoms with van der Waals surface area (Å²) in [6.07, 6.45) is 0. The molecular weight excluding hydrogens is 358 g/mol. The fourth-order valence-electron chi connectivity index (χ4n) is 2.84. The van der Waals surface area contributed by atoms with Gasteiger partial charge in [-0.1, -0.05) is 23.4 Å². The number of nitrogens with zero attached hydrogens (tertiary/aromatic N) is 3. The molecule has 0 aliphatic rings. The zero-order valence-corrected chi connectivity index (χ0v) is 16.4. The lowest BCUT2D eigenvalue weighted by atomic mass is 10.0. The van der Waals surface area contributed by atoms with Crippen molar-refractivity contribution in [2.75, 3.05) is 14.2 Å². The minimum atomic E-state index is -0.138. The van der Waals surface area contributed by atoms with Crippen molar-refractivity contribution >= 4 is 5.91 Å². The molecule has 146 valence electrons. The summed E-state index contributed by atoms with van der Waals surface area (Å²) in [5.41, 5.74) is 1.53. The molecule has 28 heavy (non-hydrogen) atoms. The molecule has 0 N–H and O–H groups in total. The number of methoxy groups -OCH3 is 1. The lowest BCUT2D eigenvalue weighted by Crippen LogP contribution is -2.29. The average Bonchev–Trinajstić information content (AvgIpc) is 3.16. The Morgan fingerprint density at radius 2 is 1.89 bits per heavy atom. The highest BCUT2D eigenvalue weighted by molar-refractivity contribution is 5.94. The number of carbonyl (C=O) groups excluding carboxylic acids is 1. The van der Waals surface area contributed by atoms with Crippen molar-refractivity contribution in [2.24, 2.45) is 0 Å². The Kier molecular flexibility index (Phi) is 5.93. The smallest absolute Gasteiger partial charge is 0.254 e. The van der Waals surface area contributed by atoms with E-state index >= 15 is 0 Å². The average molecular weight is 381 g/mol. The normalized spacial score (nSPS) is 11.7. The van der Waals surface area contributed by atoms with Crippen molar-refractivity contribution in [3.05, 3.63) is 71.4 Å². The monoisotopic (exact) mass is 381 g/mol. The second-order valence-corrected chi connectivity index (χ2v) is 6.38. The van der Waals surface area contributed by atoms with E-state index in [4.69, 9.17) is 14.0 Å². The van der Waals surface area contributed by atoms with E-state index < -0.39 is 0 Å². The molecule has 0 spiro atoms. The number of hydrogen-bond donors (Lipinski definition) is 0. The summed E-state index contributed by atoms with van der Waals surface area (Å²) in [6, 6.07) is 14.5. The minimum Gasteiger partial charge on any atom is -0.496 e. The van der Waals surface area contributed by atoms with Gasteiger partial charge < -0.3 is 18.9 Å². The molecule has 1 atom stereocenters. The van der Waals surface area contributed by atoms with Crippen molar-refractivity contribution in [3.63, 3.8) is 0 Å². The van der Waals surface area contributed by atoms with Crippen LogP contribution >= 0.6 is 0 Å². The zero-order chi connectivity index (χ0) is 20.1. The van der Waals surface area contributed by atoms with Gasteiger partial charge in [0.15, 0.2) is 6.61 Å². The van der Waals surface area contributed by atoms with Crippen LogP contribution < -0.4 is 9.47 Å². The van der Waals surface area contributed by atoms with Crippen LogP contribution in [0, 0.1) is 6.92 Å². The van der Waals surface area contributed by atoms with E-state index in [1.807, 2.05) is 31.2 Å². The molecule has 1 heterocycles. The second-order valence-electron chi connectivity index (χ2n) is 6.38. The Morgan fingerprint density at radius 3 is 2.54 bits per heavy atom. The van der Waals surface area contributed by atoms with Crippen LogP contribution in [0.5, 0.6) is 11.5 Å². The first-order valence-corrected chi connectivity index (χ1v) is 8.91. The van der Waals surface area contributed by atoms with Crippen LogP contribution in [-0.4, -0.2) is 35.1 Å². The maximum Gasteiger partial charge on any atom is 0.254 e. The molecule has 1 aromatic heterocycles. The fraction of sp³-hybridized carbons (Fsp3) is 0.286. The van der Waals surface area contributed by atoms with Crippen LogP contribution in [0.1, 0.15) is 40.6 Å². The van der Waals surface area contributed by atoms with Gasteiger partial charge in [-0.3, -0.25) is 4.79 Å². The first-order valence-electron chi connectivity index (χ1n) is 8.91. The number of ether oxygens (including phenoxy) is 2. The molecule has 0 saturated heterocycles. The van der Waals surface area contributed by atoms with Crippen LogP contribution in [0.4, 0.5) is 0 Å². The van der Waals surface area contributed by atoms with Gasteiger partial charge >= 0.3 is 0 Å². The number of benzene rings is 2. The van der Waals surface area contributed by atoms with Gasteiger partial charge in [0.1, 0.15) is 11.5 Å². The Balaban J connectivity index is 1.66. The first kappa shape index (κ1) is 19.4. The third-order valence-corrected chi connectivity index (χ3v) is 4.53. The number of aryl methyl sites for hydroxylation is 1. The topological polar surface area (TPSA) is 77.7 Å². The van der Waals surface area contributed by atoms with E-state index in [2.05, 4.69) is 10.1 Å². The molecule has 0 aliphatic carbocycles. The van der Waals surface area contributed by atoms with Crippen molar-refractivity contribution in [3.8, 4) is 11.5 Å². The maximum absolute atomic E-state index is 12.9. The van der Waals surface area contributed by atoms with E-state index in [0.717, 1.165) is 11.3 Å². The molecule has 1 amide bonds. The Labute approximate surface area is 163 Å². The fourth-order valence-corrected chi connectivity index (χ4v) is 2.84. The van der Waals surface area contributed by atoms with Gasteiger partial charge in [-0.2, -0.15) is 4.98 Å². The number of para-hydroxylation sites is 1. The van der Waals surface area contributed by atoms with Crippen LogP contribution in [0.25, 0.3) is 0 Å². The molecule has 0 fully saturated rings. The van der Waals surface area contributed by atoms with E-state index in [0.29, 0.717) is 23.0 Å². The summed E-state index contributed by atoms with van der Waals surface area (Å²) in [5.74, 6) is 2.27. The van der Waals surface area contributed by atoms with Crippen LogP contribution in [-0.2, 0) is 6.61 Å². The van der Waals surface area contributed by atoms with Gasteiger partial charge in [-0.25, -0.2) is 0 Å². The standard InChI is InChI=1S/C21H23N3O4/c1-14(18-7-5-6-8-19(18)26-4)24(3)21(25)16-9-11-17(12-10-16)27-13-20-22-15(2)28-23-20/h5-12,14H,13H2,1-4H3. The van der Waals surface area contributed by atoms with Crippen molar-refractivity contribution in [1.29, 1.82) is 0 Å². The summed E-state index contributed by atoms with van der Waals surface area (Å²) < 4.78 is 15.9. The highest BCUT2D eigenvalue weighted by Gasteiger charge is 2.21. The highest BCUT2D eigenvalue weighted by atomic mass is 16.5. The van der Waals surface area contributed by atoms with Crippen LogP contribution in [0.3, 0.4) is 0 Å². The van der Waals surface area contributed by atoms with E-state index in [-0.39, 0.29) is 18.6 Å². The molecule has 1 unspecified atom stereocenters. The summed E-state index contributed by atoms with van der Waals surface area (Å²) in [7, 11) is 3.41. The molecule has 3 aromatic rings. The Bertz CT molecular complexity index is 937. The van der Waals surface area contributed by atoms with Crippen LogP contribution in [0.15, 0.2) is 53.1 Å². The minimum absolute atomic E-state index is 0.0845. The predicted octanol–water partition coefficient (Wildman–Crippen LogP) is 3.80. The summed E-state index contributed by atoms with van der Waals surface area (Å²) in [5, 5.41) is 3.78. The van der Waals surface area contributed by atoms with Gasteiger partial charge in [0, 0.05) is 25.1 Å². The SMILES string of the molecule is COc1ccccc1C(C)N(C)C(=O)c1ccc(OCc2noc(C)n2)cc1. The predicted molar refractivity (Wildman–Crippen MR) is 103 cm³/mol. The van der Waals surface area contributed by atoms with Crippen molar-refractivity contribution in [2.45, 2.75) is 26.5 Å². The molecular formula is C21H23N3O4. The number of rotatable bonds is 7. The van der Waals surface area contributed by atoms with Gasteiger partial charge in [-0.15, -0.1) is 0 Å². The van der Waals surface area contributed by atoms with Gasteiger partial charge in [-0.05, 0) is 37.3 Å². The number of aromatic nitrogens is 2. The van der Waals surface area contributed by atoms with Gasteiger partial charge in [0.05, 0.1) is 13.2 Å². The van der Waals surface area contributed by atoms with Gasteiger partial charge in [0.2, 0.25) is 11.7 Å².